The number of fused-ring (bicyclic) bond motifs is 1. The zero-order valence-corrected chi connectivity index (χ0v) is 10.3. The van der Waals surface area contributed by atoms with Crippen molar-refractivity contribution < 1.29 is 9.59 Å². The molecule has 0 bridgehead atoms. The van der Waals surface area contributed by atoms with Crippen LogP contribution in [0.25, 0.3) is 0 Å². The minimum atomic E-state index is -0.682. The minimum absolute atomic E-state index is 0.0516. The van der Waals surface area contributed by atoms with Crippen LogP contribution in [0.15, 0.2) is 0 Å². The average Bonchev–Trinajstić information content (AvgIpc) is 2.77. The van der Waals surface area contributed by atoms with E-state index in [0.29, 0.717) is 13.1 Å². The molecule has 1 aromatic heterocycles. The Morgan fingerprint density at radius 1 is 1.56 bits per heavy atom. The van der Waals surface area contributed by atoms with E-state index in [-0.39, 0.29) is 12.5 Å². The summed E-state index contributed by atoms with van der Waals surface area (Å²) in [6, 6.07) is -0.682. The Hall–Kier alpha value is -2.05. The van der Waals surface area contributed by atoms with Crippen molar-refractivity contribution in [3.05, 3.63) is 17.0 Å². The minimum Gasteiger partial charge on any atom is -0.352 e. The topological polar surface area (TPSA) is 104 Å². The molecular formula is C11H17N5O2. The van der Waals surface area contributed by atoms with E-state index < -0.39 is 6.03 Å². The van der Waals surface area contributed by atoms with Gasteiger partial charge < -0.3 is 16.0 Å². The first-order valence-electron chi connectivity index (χ1n) is 5.98. The maximum Gasteiger partial charge on any atom is 0.312 e. The molecule has 98 valence electrons. The molecule has 0 fully saturated rings. The van der Waals surface area contributed by atoms with E-state index in [1.54, 1.807) is 4.90 Å². The Morgan fingerprint density at radius 2 is 2.33 bits per heavy atom. The van der Waals surface area contributed by atoms with Crippen molar-refractivity contribution in [3.8, 4) is 0 Å². The van der Waals surface area contributed by atoms with Gasteiger partial charge in [0.1, 0.15) is 0 Å². The molecule has 18 heavy (non-hydrogen) atoms. The molecule has 7 heteroatoms. The number of H-pyrrole nitrogens is 1. The summed E-state index contributed by atoms with van der Waals surface area (Å²) in [7, 11) is 0. The molecule has 4 N–H and O–H groups in total. The second-order valence-corrected chi connectivity index (χ2v) is 4.26. The first kappa shape index (κ1) is 12.4. The molecule has 1 aliphatic rings. The van der Waals surface area contributed by atoms with Crippen LogP contribution in [0.3, 0.4) is 0 Å². The van der Waals surface area contributed by atoms with E-state index in [9.17, 15) is 9.59 Å². The van der Waals surface area contributed by atoms with Crippen molar-refractivity contribution in [2.24, 2.45) is 5.73 Å². The van der Waals surface area contributed by atoms with Gasteiger partial charge in [0.05, 0.1) is 12.2 Å². The number of carbonyl (C=O) groups excluding carboxylic acids is 2. The maximum atomic E-state index is 11.9. The number of aromatic nitrogens is 2. The van der Waals surface area contributed by atoms with Gasteiger partial charge in [-0.25, -0.2) is 4.79 Å². The number of rotatable bonds is 3. The van der Waals surface area contributed by atoms with Crippen LogP contribution in [-0.2, 0) is 24.2 Å². The highest BCUT2D eigenvalue weighted by atomic mass is 16.2. The van der Waals surface area contributed by atoms with Gasteiger partial charge >= 0.3 is 6.03 Å². The molecule has 0 aromatic carbocycles. The van der Waals surface area contributed by atoms with Crippen LogP contribution >= 0.6 is 0 Å². The highest BCUT2D eigenvalue weighted by Gasteiger charge is 2.24. The fourth-order valence-corrected chi connectivity index (χ4v) is 2.13. The monoisotopic (exact) mass is 251 g/mol. The standard InChI is InChI=1S/C11H17N5O2/c1-2-8-7-6-16(4-3-9(7)15-14-8)10(17)5-13-11(12)18/h2-6H2,1H3,(H,14,15)(H3,12,13,18). The lowest BCUT2D eigenvalue weighted by Crippen LogP contribution is -2.43. The summed E-state index contributed by atoms with van der Waals surface area (Å²) in [6.45, 7) is 3.17. The quantitative estimate of drug-likeness (QED) is 0.676. The summed E-state index contributed by atoms with van der Waals surface area (Å²) in [5.74, 6) is -0.122. The van der Waals surface area contributed by atoms with Crippen molar-refractivity contribution in [2.75, 3.05) is 13.1 Å². The molecule has 0 atom stereocenters. The highest BCUT2D eigenvalue weighted by Crippen LogP contribution is 2.20. The van der Waals surface area contributed by atoms with E-state index in [1.807, 2.05) is 6.92 Å². The maximum absolute atomic E-state index is 11.9. The van der Waals surface area contributed by atoms with Crippen molar-refractivity contribution in [3.63, 3.8) is 0 Å². The molecule has 0 saturated carbocycles. The Bertz CT molecular complexity index is 454. The van der Waals surface area contributed by atoms with Gasteiger partial charge in [0.15, 0.2) is 0 Å². The number of primary amides is 1. The Balaban J connectivity index is 2.02. The highest BCUT2D eigenvalue weighted by molar-refractivity contribution is 5.83. The van der Waals surface area contributed by atoms with E-state index in [1.165, 1.54) is 0 Å². The molecule has 0 spiro atoms. The van der Waals surface area contributed by atoms with Gasteiger partial charge in [0, 0.05) is 30.8 Å². The largest absolute Gasteiger partial charge is 0.352 e. The predicted octanol–water partition coefficient (Wildman–Crippen LogP) is -0.475. The van der Waals surface area contributed by atoms with Crippen LogP contribution in [0.1, 0.15) is 23.9 Å². The number of hydrogen-bond acceptors (Lipinski definition) is 3. The summed E-state index contributed by atoms with van der Waals surface area (Å²) in [6.07, 6.45) is 1.61. The van der Waals surface area contributed by atoms with E-state index in [2.05, 4.69) is 15.5 Å². The third-order valence-corrected chi connectivity index (χ3v) is 3.12. The summed E-state index contributed by atoms with van der Waals surface area (Å²) >= 11 is 0. The van der Waals surface area contributed by atoms with E-state index >= 15 is 0 Å². The smallest absolute Gasteiger partial charge is 0.312 e. The number of nitrogens with one attached hydrogen (secondary N) is 2. The first-order chi connectivity index (χ1) is 8.61. The molecule has 0 saturated heterocycles. The third-order valence-electron chi connectivity index (χ3n) is 3.12. The molecule has 0 unspecified atom stereocenters. The number of urea groups is 1. The summed E-state index contributed by atoms with van der Waals surface area (Å²) in [5.41, 5.74) is 8.16. The molecule has 1 aromatic rings. The van der Waals surface area contributed by atoms with Gasteiger partial charge in [0.2, 0.25) is 5.91 Å². The Labute approximate surface area is 105 Å². The van der Waals surface area contributed by atoms with E-state index in [4.69, 9.17) is 5.73 Å². The van der Waals surface area contributed by atoms with Crippen LogP contribution < -0.4 is 11.1 Å². The molecular weight excluding hydrogens is 234 g/mol. The SMILES string of the molecule is CCc1n[nH]c2c1CN(C(=O)CNC(N)=O)CC2. The second kappa shape index (κ2) is 5.07. The zero-order valence-electron chi connectivity index (χ0n) is 10.3. The lowest BCUT2D eigenvalue weighted by molar-refractivity contribution is -0.131. The van der Waals surface area contributed by atoms with Crippen molar-refractivity contribution in [1.82, 2.24) is 20.4 Å². The van der Waals surface area contributed by atoms with Crippen molar-refractivity contribution >= 4 is 11.9 Å². The molecule has 0 aliphatic carbocycles. The second-order valence-electron chi connectivity index (χ2n) is 4.26. The molecule has 0 radical (unpaired) electrons. The van der Waals surface area contributed by atoms with Crippen LogP contribution in [0, 0.1) is 0 Å². The number of amides is 3. The van der Waals surface area contributed by atoms with Crippen LogP contribution in [0.5, 0.6) is 0 Å². The molecule has 3 amide bonds. The van der Waals surface area contributed by atoms with Gasteiger partial charge in [-0.15, -0.1) is 0 Å². The average molecular weight is 251 g/mol. The van der Waals surface area contributed by atoms with Gasteiger partial charge in [-0.1, -0.05) is 6.92 Å². The Morgan fingerprint density at radius 3 is 3.00 bits per heavy atom. The van der Waals surface area contributed by atoms with E-state index in [0.717, 1.165) is 29.8 Å². The number of nitrogens with zero attached hydrogens (tertiary/aromatic N) is 2. The summed E-state index contributed by atoms with van der Waals surface area (Å²) in [4.78, 5) is 24.1. The lowest BCUT2D eigenvalue weighted by Gasteiger charge is -2.27. The number of hydrogen-bond donors (Lipinski definition) is 3. The van der Waals surface area contributed by atoms with Crippen LogP contribution in [0.2, 0.25) is 0 Å². The fraction of sp³-hybridized carbons (Fsp3) is 0.545. The van der Waals surface area contributed by atoms with Crippen LogP contribution in [-0.4, -0.2) is 40.1 Å². The zero-order chi connectivity index (χ0) is 13.1. The molecule has 1 aliphatic heterocycles. The molecule has 2 heterocycles. The third kappa shape index (κ3) is 2.44. The normalized spacial score (nSPS) is 14.2. The Kier molecular flexibility index (Phi) is 3.50. The van der Waals surface area contributed by atoms with Crippen molar-refractivity contribution in [1.29, 1.82) is 0 Å². The number of nitrogens with two attached hydrogens (primary N) is 1. The van der Waals surface area contributed by atoms with Crippen molar-refractivity contribution in [2.45, 2.75) is 26.3 Å². The summed E-state index contributed by atoms with van der Waals surface area (Å²) < 4.78 is 0. The van der Waals surface area contributed by atoms with Gasteiger partial charge in [-0.05, 0) is 6.42 Å². The molecule has 2 rings (SSSR count). The first-order valence-corrected chi connectivity index (χ1v) is 5.98. The molecule has 7 nitrogen and oxygen atoms in total. The summed E-state index contributed by atoms with van der Waals surface area (Å²) in [5, 5.41) is 9.55. The van der Waals surface area contributed by atoms with Crippen LogP contribution in [0.4, 0.5) is 4.79 Å². The van der Waals surface area contributed by atoms with Gasteiger partial charge in [-0.2, -0.15) is 5.10 Å². The van der Waals surface area contributed by atoms with Gasteiger partial charge in [0.25, 0.3) is 0 Å². The number of aromatic amines is 1. The predicted molar refractivity (Wildman–Crippen MR) is 64.7 cm³/mol. The van der Waals surface area contributed by atoms with Gasteiger partial charge in [-0.3, -0.25) is 9.89 Å². The lowest BCUT2D eigenvalue weighted by atomic mass is 10.0. The fourth-order valence-electron chi connectivity index (χ4n) is 2.13. The number of aryl methyl sites for hydroxylation is 1. The number of carbonyl (C=O) groups is 2.